The molecule has 3 heteroatoms. The first-order valence-electron chi connectivity index (χ1n) is 4.06. The Hall–Kier alpha value is -0.640. The van der Waals surface area contributed by atoms with Crippen LogP contribution in [0.2, 0.25) is 0 Å². The Kier molecular flexibility index (Phi) is 2.78. The van der Waals surface area contributed by atoms with E-state index in [4.69, 9.17) is 0 Å². The number of hydrogen-bond acceptors (Lipinski definition) is 2. The highest BCUT2D eigenvalue weighted by molar-refractivity contribution is 7.11. The van der Waals surface area contributed by atoms with E-state index in [-0.39, 0.29) is 12.5 Å². The van der Waals surface area contributed by atoms with Crippen LogP contribution in [0.5, 0.6) is 0 Å². The topological polar surface area (TPSA) is 19.9 Å². The third-order valence-electron chi connectivity index (χ3n) is 1.94. The number of hydrogen-bond donors (Lipinski definition) is 0. The molecule has 0 N–H and O–H groups in total. The van der Waals surface area contributed by atoms with Gasteiger partial charge in [-0.05, 0) is 22.9 Å². The van der Waals surface area contributed by atoms with Crippen LogP contribution in [0.3, 0.4) is 0 Å². The molecule has 1 nitrogen and oxygen atoms in total. The fourth-order valence-electron chi connectivity index (χ4n) is 1.28. The lowest BCUT2D eigenvalue weighted by atomic mass is 10.1. The monoisotopic (exact) mass is 209 g/mol. The van der Waals surface area contributed by atoms with Crippen molar-refractivity contribution >= 4 is 22.7 Å². The van der Waals surface area contributed by atoms with Gasteiger partial charge in [0.15, 0.2) is 0 Å². The molecule has 2 aromatic heterocycles. The van der Waals surface area contributed by atoms with Gasteiger partial charge in [0.25, 0.3) is 0 Å². The van der Waals surface area contributed by atoms with Gasteiger partial charge in [-0.3, -0.25) is 0 Å². The molecule has 0 fully saturated rings. The first-order chi connectivity index (χ1) is 6.42. The van der Waals surface area contributed by atoms with Gasteiger partial charge in [-0.25, -0.2) is 5.11 Å². The van der Waals surface area contributed by atoms with Crippen LogP contribution in [0.25, 0.3) is 0 Å². The van der Waals surface area contributed by atoms with Crippen molar-refractivity contribution in [2.24, 2.45) is 0 Å². The Balaban J connectivity index is 2.29. The average Bonchev–Trinajstić information content (AvgIpc) is 2.76. The van der Waals surface area contributed by atoms with Crippen molar-refractivity contribution < 1.29 is 5.11 Å². The summed E-state index contributed by atoms with van der Waals surface area (Å²) in [6.07, 6.45) is 0. The largest absolute Gasteiger partial charge is 0.236 e. The number of thiophene rings is 2. The highest BCUT2D eigenvalue weighted by atomic mass is 32.1. The molecule has 0 saturated heterocycles. The van der Waals surface area contributed by atoms with Crippen molar-refractivity contribution in [2.45, 2.75) is 5.92 Å². The molecule has 0 aliphatic carbocycles. The SMILES string of the molecule is [O]CC(c1cccs1)c1cccs1. The van der Waals surface area contributed by atoms with Crippen LogP contribution in [0, 0.1) is 0 Å². The second-order valence-electron chi connectivity index (χ2n) is 2.75. The van der Waals surface area contributed by atoms with Crippen LogP contribution in [-0.4, -0.2) is 6.61 Å². The zero-order valence-corrected chi connectivity index (χ0v) is 8.61. The lowest BCUT2D eigenvalue weighted by Crippen LogP contribution is -2.00. The van der Waals surface area contributed by atoms with Gasteiger partial charge in [0.1, 0.15) is 0 Å². The summed E-state index contributed by atoms with van der Waals surface area (Å²) < 4.78 is 0. The first kappa shape index (κ1) is 8.94. The lowest BCUT2D eigenvalue weighted by molar-refractivity contribution is 0.185. The summed E-state index contributed by atoms with van der Waals surface area (Å²) >= 11 is 3.32. The van der Waals surface area contributed by atoms with E-state index in [0.29, 0.717) is 0 Å². The van der Waals surface area contributed by atoms with Gasteiger partial charge in [-0.2, -0.15) is 0 Å². The maximum absolute atomic E-state index is 11.0. The molecule has 0 aromatic carbocycles. The van der Waals surface area contributed by atoms with Crippen molar-refractivity contribution in [3.05, 3.63) is 44.8 Å². The van der Waals surface area contributed by atoms with E-state index in [2.05, 4.69) is 0 Å². The molecule has 2 heterocycles. The maximum atomic E-state index is 11.0. The van der Waals surface area contributed by atoms with E-state index in [1.807, 2.05) is 35.0 Å². The third-order valence-corrected chi connectivity index (χ3v) is 3.91. The smallest absolute Gasteiger partial charge is 0.0947 e. The van der Waals surface area contributed by atoms with Crippen LogP contribution in [0.1, 0.15) is 15.7 Å². The highest BCUT2D eigenvalue weighted by Crippen LogP contribution is 2.30. The van der Waals surface area contributed by atoms with Crippen LogP contribution in [0.4, 0.5) is 0 Å². The quantitative estimate of drug-likeness (QED) is 0.738. The summed E-state index contributed by atoms with van der Waals surface area (Å²) in [4.78, 5) is 2.36. The van der Waals surface area contributed by atoms with Gasteiger partial charge < -0.3 is 0 Å². The lowest BCUT2D eigenvalue weighted by Gasteiger charge is -2.07. The molecule has 0 bridgehead atoms. The Bertz CT molecular complexity index is 303. The Labute approximate surface area is 85.3 Å². The second-order valence-corrected chi connectivity index (χ2v) is 4.71. The summed E-state index contributed by atoms with van der Waals surface area (Å²) in [5, 5.41) is 15.1. The zero-order valence-electron chi connectivity index (χ0n) is 6.97. The van der Waals surface area contributed by atoms with Gasteiger partial charge in [0.05, 0.1) is 12.5 Å². The van der Waals surface area contributed by atoms with Crippen LogP contribution >= 0.6 is 22.7 Å². The Morgan fingerprint density at radius 1 is 1.08 bits per heavy atom. The van der Waals surface area contributed by atoms with Crippen LogP contribution in [0.15, 0.2) is 35.0 Å². The van der Waals surface area contributed by atoms with Crippen molar-refractivity contribution in [1.29, 1.82) is 0 Å². The summed E-state index contributed by atoms with van der Waals surface area (Å²) in [5.74, 6) is 0.0694. The van der Waals surface area contributed by atoms with Gasteiger partial charge in [-0.1, -0.05) is 12.1 Å². The molecule has 1 radical (unpaired) electrons. The Morgan fingerprint density at radius 2 is 1.62 bits per heavy atom. The van der Waals surface area contributed by atoms with E-state index < -0.39 is 0 Å². The molecule has 0 aliphatic rings. The molecule has 0 spiro atoms. The fourth-order valence-corrected chi connectivity index (χ4v) is 3.02. The molecule has 0 saturated carbocycles. The summed E-state index contributed by atoms with van der Waals surface area (Å²) in [6.45, 7) is -0.0545. The molecular formula is C10H9OS2. The average molecular weight is 209 g/mol. The van der Waals surface area contributed by atoms with E-state index in [9.17, 15) is 5.11 Å². The standard InChI is InChI=1S/C10H9OS2/c11-7-8(9-3-1-5-12-9)10-4-2-6-13-10/h1-6,8H,7H2. The van der Waals surface area contributed by atoms with Gasteiger partial charge in [-0.15, -0.1) is 22.7 Å². The van der Waals surface area contributed by atoms with Crippen molar-refractivity contribution in [1.82, 2.24) is 0 Å². The van der Waals surface area contributed by atoms with Crippen molar-refractivity contribution in [2.75, 3.05) is 6.61 Å². The molecule has 2 rings (SSSR count). The van der Waals surface area contributed by atoms with E-state index in [1.165, 1.54) is 9.75 Å². The van der Waals surface area contributed by atoms with Crippen molar-refractivity contribution in [3.63, 3.8) is 0 Å². The van der Waals surface area contributed by atoms with Gasteiger partial charge in [0, 0.05) is 9.75 Å². The maximum Gasteiger partial charge on any atom is 0.0947 e. The molecule has 2 aromatic rings. The minimum absolute atomic E-state index is 0.0545. The van der Waals surface area contributed by atoms with E-state index >= 15 is 0 Å². The number of rotatable bonds is 3. The predicted octanol–water partition coefficient (Wildman–Crippen LogP) is 3.37. The minimum Gasteiger partial charge on any atom is -0.236 e. The molecule has 67 valence electrons. The first-order valence-corrected chi connectivity index (χ1v) is 5.82. The predicted molar refractivity (Wildman–Crippen MR) is 56.0 cm³/mol. The fraction of sp³-hybridized carbons (Fsp3) is 0.200. The van der Waals surface area contributed by atoms with Crippen LogP contribution < -0.4 is 0 Å². The molecule has 0 unspecified atom stereocenters. The van der Waals surface area contributed by atoms with E-state index in [1.54, 1.807) is 22.7 Å². The summed E-state index contributed by atoms with van der Waals surface area (Å²) in [5.41, 5.74) is 0. The second kappa shape index (κ2) is 4.05. The van der Waals surface area contributed by atoms with Crippen molar-refractivity contribution in [3.8, 4) is 0 Å². The van der Waals surface area contributed by atoms with Gasteiger partial charge in [0.2, 0.25) is 0 Å². The highest BCUT2D eigenvalue weighted by Gasteiger charge is 2.15. The molecule has 0 aliphatic heterocycles. The van der Waals surface area contributed by atoms with Gasteiger partial charge >= 0.3 is 0 Å². The molecule has 0 amide bonds. The minimum atomic E-state index is -0.0545. The zero-order chi connectivity index (χ0) is 9.10. The Morgan fingerprint density at radius 3 is 1.92 bits per heavy atom. The third kappa shape index (κ3) is 1.82. The van der Waals surface area contributed by atoms with E-state index in [0.717, 1.165) is 0 Å². The normalized spacial score (nSPS) is 10.9. The van der Waals surface area contributed by atoms with Crippen LogP contribution in [-0.2, 0) is 5.11 Å². The summed E-state index contributed by atoms with van der Waals surface area (Å²) in [7, 11) is 0. The molecule has 0 atom stereocenters. The molecular weight excluding hydrogens is 200 g/mol. The molecule has 13 heavy (non-hydrogen) atoms. The summed E-state index contributed by atoms with van der Waals surface area (Å²) in [6, 6.07) is 8.06.